The summed E-state index contributed by atoms with van der Waals surface area (Å²) in [6, 6.07) is 19.8. The molecule has 6 heteroatoms. The summed E-state index contributed by atoms with van der Waals surface area (Å²) in [6.07, 6.45) is 1.85. The number of amides is 1. The Morgan fingerprint density at radius 2 is 1.85 bits per heavy atom. The van der Waals surface area contributed by atoms with Gasteiger partial charge in [-0.05, 0) is 55.8 Å². The number of fused-ring (bicyclic) bond motifs is 1. The minimum absolute atomic E-state index is 0.00571. The topological polar surface area (TPSA) is 70.2 Å². The van der Waals surface area contributed by atoms with E-state index in [9.17, 15) is 4.79 Å². The number of nitrogens with one attached hydrogen (secondary N) is 2. The standard InChI is InChI=1S/C27H28N4O2/c1-18-7-3-4-8-21(18)27(32)30-20-10-11-23-22(17-20)25(19(2)29-23)26(24-9-5-6-12-28-24)31-13-15-33-16-14-31/h3-12,17,26,29H,13-16H2,1-2H3,(H,30,32). The number of hydrogen-bond donors (Lipinski definition) is 2. The van der Waals surface area contributed by atoms with Crippen LogP contribution in [0.2, 0.25) is 0 Å². The van der Waals surface area contributed by atoms with Gasteiger partial charge in [0.15, 0.2) is 0 Å². The first-order chi connectivity index (χ1) is 16.1. The van der Waals surface area contributed by atoms with Crippen LogP contribution in [0.1, 0.15) is 38.9 Å². The lowest BCUT2D eigenvalue weighted by molar-refractivity contribution is 0.0234. The predicted octanol–water partition coefficient (Wildman–Crippen LogP) is 4.85. The number of anilines is 1. The summed E-state index contributed by atoms with van der Waals surface area (Å²) in [7, 11) is 0. The van der Waals surface area contributed by atoms with Crippen molar-refractivity contribution in [1.82, 2.24) is 14.9 Å². The number of carbonyl (C=O) groups excluding carboxylic acids is 1. The van der Waals surface area contributed by atoms with E-state index in [0.717, 1.165) is 46.6 Å². The van der Waals surface area contributed by atoms with Gasteiger partial charge in [0, 0.05) is 52.7 Å². The second-order valence-electron chi connectivity index (χ2n) is 8.50. The molecule has 0 bridgehead atoms. The third-order valence-corrected chi connectivity index (χ3v) is 6.34. The summed E-state index contributed by atoms with van der Waals surface area (Å²) >= 11 is 0. The molecule has 1 saturated heterocycles. The Kier molecular flexibility index (Phi) is 5.94. The Labute approximate surface area is 193 Å². The highest BCUT2D eigenvalue weighted by Gasteiger charge is 2.29. The Morgan fingerprint density at radius 1 is 1.06 bits per heavy atom. The van der Waals surface area contributed by atoms with Crippen LogP contribution in [-0.4, -0.2) is 47.1 Å². The average molecular weight is 441 g/mol. The number of rotatable bonds is 5. The van der Waals surface area contributed by atoms with Gasteiger partial charge in [-0.1, -0.05) is 24.3 Å². The second-order valence-corrected chi connectivity index (χ2v) is 8.50. The molecule has 0 saturated carbocycles. The molecule has 1 aliphatic heterocycles. The van der Waals surface area contributed by atoms with Crippen molar-refractivity contribution in [3.8, 4) is 0 Å². The number of aryl methyl sites for hydroxylation is 2. The van der Waals surface area contributed by atoms with Gasteiger partial charge in [0.25, 0.3) is 5.91 Å². The normalized spacial score (nSPS) is 15.5. The molecule has 0 spiro atoms. The van der Waals surface area contributed by atoms with E-state index in [-0.39, 0.29) is 11.9 Å². The van der Waals surface area contributed by atoms with Crippen molar-refractivity contribution in [2.45, 2.75) is 19.9 Å². The molecule has 1 unspecified atom stereocenters. The van der Waals surface area contributed by atoms with Gasteiger partial charge in [-0.15, -0.1) is 0 Å². The summed E-state index contributed by atoms with van der Waals surface area (Å²) in [5, 5.41) is 4.18. The number of aromatic nitrogens is 2. The van der Waals surface area contributed by atoms with E-state index in [4.69, 9.17) is 9.72 Å². The van der Waals surface area contributed by atoms with Gasteiger partial charge in [-0.3, -0.25) is 14.7 Å². The maximum Gasteiger partial charge on any atom is 0.255 e. The fourth-order valence-corrected chi connectivity index (χ4v) is 4.69. The lowest BCUT2D eigenvalue weighted by Gasteiger charge is -2.34. The van der Waals surface area contributed by atoms with Crippen LogP contribution in [0.4, 0.5) is 5.69 Å². The minimum atomic E-state index is -0.101. The first-order valence-corrected chi connectivity index (χ1v) is 11.3. The maximum absolute atomic E-state index is 12.9. The molecule has 2 aromatic carbocycles. The van der Waals surface area contributed by atoms with Crippen LogP contribution in [0.5, 0.6) is 0 Å². The average Bonchev–Trinajstić information content (AvgIpc) is 3.16. The molecule has 3 heterocycles. The molecular formula is C27H28N4O2. The third kappa shape index (κ3) is 4.27. The fraction of sp³-hybridized carbons (Fsp3) is 0.259. The van der Waals surface area contributed by atoms with E-state index in [1.807, 2.05) is 61.7 Å². The predicted molar refractivity (Wildman–Crippen MR) is 131 cm³/mol. The fourth-order valence-electron chi connectivity index (χ4n) is 4.69. The van der Waals surface area contributed by atoms with E-state index in [2.05, 4.69) is 34.3 Å². The molecule has 168 valence electrons. The van der Waals surface area contributed by atoms with Gasteiger partial charge in [0.1, 0.15) is 0 Å². The van der Waals surface area contributed by atoms with Crippen molar-refractivity contribution in [3.63, 3.8) is 0 Å². The summed E-state index contributed by atoms with van der Waals surface area (Å²) in [6.45, 7) is 7.17. The number of nitrogens with zero attached hydrogens (tertiary/aromatic N) is 2. The van der Waals surface area contributed by atoms with Crippen molar-refractivity contribution >= 4 is 22.5 Å². The highest BCUT2D eigenvalue weighted by atomic mass is 16.5. The molecule has 1 fully saturated rings. The summed E-state index contributed by atoms with van der Waals surface area (Å²) in [5.74, 6) is -0.101. The summed E-state index contributed by atoms with van der Waals surface area (Å²) < 4.78 is 5.62. The number of carbonyl (C=O) groups is 1. The molecule has 1 amide bonds. The van der Waals surface area contributed by atoms with Crippen molar-refractivity contribution in [2.75, 3.05) is 31.6 Å². The van der Waals surface area contributed by atoms with Crippen LogP contribution >= 0.6 is 0 Å². The monoisotopic (exact) mass is 440 g/mol. The maximum atomic E-state index is 12.9. The van der Waals surface area contributed by atoms with Crippen molar-refractivity contribution in [1.29, 1.82) is 0 Å². The van der Waals surface area contributed by atoms with Crippen LogP contribution in [-0.2, 0) is 4.74 Å². The van der Waals surface area contributed by atoms with Gasteiger partial charge < -0.3 is 15.0 Å². The molecule has 2 aromatic heterocycles. The molecule has 33 heavy (non-hydrogen) atoms. The van der Waals surface area contributed by atoms with Crippen molar-refractivity contribution in [3.05, 3.63) is 94.9 Å². The van der Waals surface area contributed by atoms with Crippen LogP contribution in [0, 0.1) is 13.8 Å². The molecule has 1 aliphatic rings. The lowest BCUT2D eigenvalue weighted by Crippen LogP contribution is -2.40. The van der Waals surface area contributed by atoms with Gasteiger partial charge >= 0.3 is 0 Å². The molecular weight excluding hydrogens is 412 g/mol. The molecule has 0 radical (unpaired) electrons. The number of morpholine rings is 1. The van der Waals surface area contributed by atoms with Gasteiger partial charge in [-0.25, -0.2) is 0 Å². The van der Waals surface area contributed by atoms with Gasteiger partial charge in [0.2, 0.25) is 0 Å². The third-order valence-electron chi connectivity index (χ3n) is 6.34. The number of benzene rings is 2. The zero-order valence-corrected chi connectivity index (χ0v) is 19.0. The van der Waals surface area contributed by atoms with Crippen molar-refractivity contribution in [2.24, 2.45) is 0 Å². The van der Waals surface area contributed by atoms with E-state index in [1.54, 1.807) is 0 Å². The Morgan fingerprint density at radius 3 is 2.61 bits per heavy atom. The first kappa shape index (κ1) is 21.4. The molecule has 5 rings (SSSR count). The van der Waals surface area contributed by atoms with Crippen LogP contribution in [0.25, 0.3) is 10.9 Å². The number of H-pyrrole nitrogens is 1. The zero-order chi connectivity index (χ0) is 22.8. The summed E-state index contributed by atoms with van der Waals surface area (Å²) in [5.41, 5.74) is 6.77. The SMILES string of the molecule is Cc1ccccc1C(=O)Nc1ccc2[nH]c(C)c(C(c3ccccn3)N3CCOCC3)c2c1. The molecule has 4 aromatic rings. The highest BCUT2D eigenvalue weighted by molar-refractivity contribution is 6.06. The number of ether oxygens (including phenoxy) is 1. The molecule has 6 nitrogen and oxygen atoms in total. The largest absolute Gasteiger partial charge is 0.379 e. The second kappa shape index (κ2) is 9.17. The van der Waals surface area contributed by atoms with E-state index < -0.39 is 0 Å². The van der Waals surface area contributed by atoms with Crippen molar-refractivity contribution < 1.29 is 9.53 Å². The number of hydrogen-bond acceptors (Lipinski definition) is 4. The van der Waals surface area contributed by atoms with E-state index in [0.29, 0.717) is 18.8 Å². The Hall–Kier alpha value is -3.48. The summed E-state index contributed by atoms with van der Waals surface area (Å²) in [4.78, 5) is 23.6. The van der Waals surface area contributed by atoms with E-state index in [1.165, 1.54) is 5.56 Å². The zero-order valence-electron chi connectivity index (χ0n) is 19.0. The van der Waals surface area contributed by atoms with E-state index >= 15 is 0 Å². The van der Waals surface area contributed by atoms with Crippen LogP contribution in [0.15, 0.2) is 66.9 Å². The minimum Gasteiger partial charge on any atom is -0.379 e. The molecule has 1 atom stereocenters. The van der Waals surface area contributed by atoms with Crippen LogP contribution < -0.4 is 5.32 Å². The Bertz CT molecular complexity index is 1280. The highest BCUT2D eigenvalue weighted by Crippen LogP contribution is 2.37. The van der Waals surface area contributed by atoms with Gasteiger partial charge in [0.05, 0.1) is 24.9 Å². The quantitative estimate of drug-likeness (QED) is 0.465. The number of aromatic amines is 1. The smallest absolute Gasteiger partial charge is 0.255 e. The van der Waals surface area contributed by atoms with Crippen LogP contribution in [0.3, 0.4) is 0 Å². The number of pyridine rings is 1. The van der Waals surface area contributed by atoms with Gasteiger partial charge in [-0.2, -0.15) is 0 Å². The lowest BCUT2D eigenvalue weighted by atomic mass is 9.97. The molecule has 0 aliphatic carbocycles. The Balaban J connectivity index is 1.56. The molecule has 2 N–H and O–H groups in total. The first-order valence-electron chi connectivity index (χ1n) is 11.3.